The Hall–Kier alpha value is -2.66. The van der Waals surface area contributed by atoms with Crippen molar-refractivity contribution in [2.45, 2.75) is 25.9 Å². The third-order valence-corrected chi connectivity index (χ3v) is 4.87. The summed E-state index contributed by atoms with van der Waals surface area (Å²) in [5.41, 5.74) is 2.27. The van der Waals surface area contributed by atoms with Gasteiger partial charge in [0, 0.05) is 31.3 Å². The van der Waals surface area contributed by atoms with Gasteiger partial charge in [0.05, 0.1) is 6.10 Å². The summed E-state index contributed by atoms with van der Waals surface area (Å²) < 4.78 is 0. The molecule has 136 valence electrons. The maximum atomic E-state index is 12.5. The average molecular weight is 352 g/mol. The summed E-state index contributed by atoms with van der Waals surface area (Å²) in [4.78, 5) is 25.4. The molecule has 0 spiro atoms. The quantitative estimate of drug-likeness (QED) is 0.887. The highest BCUT2D eigenvalue weighted by molar-refractivity contribution is 5.94. The standard InChI is InChI=1S/C21H24N2O3/c1-15(24)22-19-9-7-16(8-10-19)20(25)17-11-13-23(14-12-17)21(26)18-5-3-2-4-6-18/h2-10,17,20,25H,11-14H2,1H3,(H,22,24). The minimum atomic E-state index is -0.560. The summed E-state index contributed by atoms with van der Waals surface area (Å²) in [7, 11) is 0. The summed E-state index contributed by atoms with van der Waals surface area (Å²) in [5, 5.41) is 13.4. The number of carbonyl (C=O) groups excluding carboxylic acids is 2. The molecule has 1 aliphatic heterocycles. The lowest BCUT2D eigenvalue weighted by atomic mass is 9.87. The van der Waals surface area contributed by atoms with Gasteiger partial charge in [-0.25, -0.2) is 0 Å². The maximum absolute atomic E-state index is 12.5. The van der Waals surface area contributed by atoms with Crippen LogP contribution < -0.4 is 5.32 Å². The highest BCUT2D eigenvalue weighted by Crippen LogP contribution is 2.31. The minimum absolute atomic E-state index is 0.0539. The molecule has 2 N–H and O–H groups in total. The summed E-state index contributed by atoms with van der Waals surface area (Å²) in [6, 6.07) is 16.6. The maximum Gasteiger partial charge on any atom is 0.253 e. The lowest BCUT2D eigenvalue weighted by Gasteiger charge is -2.34. The first kappa shape index (κ1) is 18.1. The summed E-state index contributed by atoms with van der Waals surface area (Å²) in [6.07, 6.45) is 0.982. The van der Waals surface area contributed by atoms with Crippen LogP contribution in [-0.4, -0.2) is 34.9 Å². The number of rotatable bonds is 4. The number of anilines is 1. The molecule has 2 aromatic carbocycles. The Bertz CT molecular complexity index is 751. The number of hydrogen-bond acceptors (Lipinski definition) is 3. The smallest absolute Gasteiger partial charge is 0.253 e. The van der Waals surface area contributed by atoms with Gasteiger partial charge < -0.3 is 15.3 Å². The minimum Gasteiger partial charge on any atom is -0.388 e. The van der Waals surface area contributed by atoms with Gasteiger partial charge in [-0.3, -0.25) is 9.59 Å². The molecule has 1 unspecified atom stereocenters. The van der Waals surface area contributed by atoms with Gasteiger partial charge in [-0.05, 0) is 48.6 Å². The molecule has 2 amide bonds. The van der Waals surface area contributed by atoms with Crippen molar-refractivity contribution in [1.82, 2.24) is 4.90 Å². The number of aliphatic hydroxyl groups excluding tert-OH is 1. The lowest BCUT2D eigenvalue weighted by Crippen LogP contribution is -2.39. The van der Waals surface area contributed by atoms with Crippen molar-refractivity contribution in [1.29, 1.82) is 0 Å². The monoisotopic (exact) mass is 352 g/mol. The molecule has 0 bridgehead atoms. The van der Waals surface area contributed by atoms with E-state index in [1.54, 1.807) is 12.1 Å². The van der Waals surface area contributed by atoms with Gasteiger partial charge in [0.25, 0.3) is 5.91 Å². The first-order valence-electron chi connectivity index (χ1n) is 8.94. The molecule has 26 heavy (non-hydrogen) atoms. The van der Waals surface area contributed by atoms with Crippen LogP contribution in [0.3, 0.4) is 0 Å². The third-order valence-electron chi connectivity index (χ3n) is 4.87. The van der Waals surface area contributed by atoms with Gasteiger partial charge in [-0.1, -0.05) is 30.3 Å². The number of hydrogen-bond donors (Lipinski definition) is 2. The fourth-order valence-electron chi connectivity index (χ4n) is 3.42. The van der Waals surface area contributed by atoms with Crippen LogP contribution >= 0.6 is 0 Å². The van der Waals surface area contributed by atoms with E-state index >= 15 is 0 Å². The zero-order chi connectivity index (χ0) is 18.5. The van der Waals surface area contributed by atoms with Crippen molar-refractivity contribution in [3.8, 4) is 0 Å². The summed E-state index contributed by atoms with van der Waals surface area (Å²) in [6.45, 7) is 2.77. The van der Waals surface area contributed by atoms with E-state index in [-0.39, 0.29) is 17.7 Å². The topological polar surface area (TPSA) is 69.6 Å². The Kier molecular flexibility index (Phi) is 5.68. The van der Waals surface area contributed by atoms with Gasteiger partial charge in [0.2, 0.25) is 5.91 Å². The molecule has 0 radical (unpaired) electrons. The fourth-order valence-corrected chi connectivity index (χ4v) is 3.42. The molecule has 5 heteroatoms. The van der Waals surface area contributed by atoms with E-state index in [9.17, 15) is 14.7 Å². The van der Waals surface area contributed by atoms with Crippen molar-refractivity contribution in [3.63, 3.8) is 0 Å². The van der Waals surface area contributed by atoms with Crippen molar-refractivity contribution in [2.75, 3.05) is 18.4 Å². The molecule has 3 rings (SSSR count). The van der Waals surface area contributed by atoms with Crippen molar-refractivity contribution in [2.24, 2.45) is 5.92 Å². The van der Waals surface area contributed by atoms with E-state index in [4.69, 9.17) is 0 Å². The molecule has 1 fully saturated rings. The average Bonchev–Trinajstić information content (AvgIpc) is 2.68. The van der Waals surface area contributed by atoms with Crippen LogP contribution in [0.5, 0.6) is 0 Å². The van der Waals surface area contributed by atoms with E-state index in [2.05, 4.69) is 5.32 Å². The predicted octanol–water partition coefficient (Wildman–Crippen LogP) is 3.23. The molecule has 1 atom stereocenters. The molecule has 5 nitrogen and oxygen atoms in total. The van der Waals surface area contributed by atoms with Crippen LogP contribution in [-0.2, 0) is 4.79 Å². The molecule has 1 heterocycles. The van der Waals surface area contributed by atoms with Gasteiger partial charge in [-0.2, -0.15) is 0 Å². The molecule has 0 aromatic heterocycles. The van der Waals surface area contributed by atoms with Crippen LogP contribution in [0, 0.1) is 5.92 Å². The number of piperidine rings is 1. The second-order valence-electron chi connectivity index (χ2n) is 6.74. The Morgan fingerprint density at radius 2 is 1.65 bits per heavy atom. The van der Waals surface area contributed by atoms with Crippen LogP contribution in [0.1, 0.15) is 41.8 Å². The number of likely N-dealkylation sites (tertiary alicyclic amines) is 1. The van der Waals surface area contributed by atoms with E-state index in [1.165, 1.54) is 6.92 Å². The molecular formula is C21H24N2O3. The SMILES string of the molecule is CC(=O)Nc1ccc(C(O)C2CCN(C(=O)c3ccccc3)CC2)cc1. The van der Waals surface area contributed by atoms with Gasteiger partial charge in [-0.15, -0.1) is 0 Å². The Morgan fingerprint density at radius 1 is 1.04 bits per heavy atom. The van der Waals surface area contributed by atoms with E-state index in [0.717, 1.165) is 24.1 Å². The van der Waals surface area contributed by atoms with E-state index in [0.29, 0.717) is 18.7 Å². The third kappa shape index (κ3) is 4.29. The molecule has 2 aromatic rings. The Labute approximate surface area is 153 Å². The zero-order valence-electron chi connectivity index (χ0n) is 14.9. The molecule has 0 aliphatic carbocycles. The van der Waals surface area contributed by atoms with E-state index < -0.39 is 6.10 Å². The number of aliphatic hydroxyl groups is 1. The lowest BCUT2D eigenvalue weighted by molar-refractivity contribution is -0.114. The number of benzene rings is 2. The molecule has 1 aliphatic rings. The highest BCUT2D eigenvalue weighted by atomic mass is 16.3. The van der Waals surface area contributed by atoms with Gasteiger partial charge in [0.1, 0.15) is 0 Å². The molecule has 1 saturated heterocycles. The number of nitrogens with zero attached hydrogens (tertiary/aromatic N) is 1. The Balaban J connectivity index is 1.57. The summed E-state index contributed by atoms with van der Waals surface area (Å²) in [5.74, 6) is 0.0633. The van der Waals surface area contributed by atoms with Gasteiger partial charge in [0.15, 0.2) is 0 Å². The zero-order valence-corrected chi connectivity index (χ0v) is 14.9. The number of carbonyl (C=O) groups is 2. The number of nitrogens with one attached hydrogen (secondary N) is 1. The Morgan fingerprint density at radius 3 is 2.23 bits per heavy atom. The molecular weight excluding hydrogens is 328 g/mol. The summed E-state index contributed by atoms with van der Waals surface area (Å²) >= 11 is 0. The van der Waals surface area contributed by atoms with Gasteiger partial charge >= 0.3 is 0 Å². The predicted molar refractivity (Wildman–Crippen MR) is 101 cm³/mol. The fraction of sp³-hybridized carbons (Fsp3) is 0.333. The second-order valence-corrected chi connectivity index (χ2v) is 6.74. The normalized spacial score (nSPS) is 16.2. The van der Waals surface area contributed by atoms with E-state index in [1.807, 2.05) is 47.4 Å². The van der Waals surface area contributed by atoms with Crippen molar-refractivity contribution >= 4 is 17.5 Å². The highest BCUT2D eigenvalue weighted by Gasteiger charge is 2.28. The largest absolute Gasteiger partial charge is 0.388 e. The molecule has 0 saturated carbocycles. The second kappa shape index (κ2) is 8.15. The van der Waals surface area contributed by atoms with Crippen LogP contribution in [0.15, 0.2) is 54.6 Å². The van der Waals surface area contributed by atoms with Crippen molar-refractivity contribution in [3.05, 3.63) is 65.7 Å². The first-order chi connectivity index (χ1) is 12.5. The van der Waals surface area contributed by atoms with Crippen LogP contribution in [0.2, 0.25) is 0 Å². The van der Waals surface area contributed by atoms with Crippen LogP contribution in [0.4, 0.5) is 5.69 Å². The number of amides is 2. The van der Waals surface area contributed by atoms with Crippen LogP contribution in [0.25, 0.3) is 0 Å². The van der Waals surface area contributed by atoms with Crippen molar-refractivity contribution < 1.29 is 14.7 Å². The first-order valence-corrected chi connectivity index (χ1v) is 8.94.